The van der Waals surface area contributed by atoms with Gasteiger partial charge in [-0.2, -0.15) is 0 Å². The van der Waals surface area contributed by atoms with E-state index in [4.69, 9.17) is 11.5 Å². The molecule has 8 N–H and O–H groups in total. The number of carbonyl (C=O) groups is 5. The highest BCUT2D eigenvalue weighted by Gasteiger charge is 2.40. The number of aromatic nitrogens is 1. The molecule has 0 radical (unpaired) electrons. The molecule has 52 heavy (non-hydrogen) atoms. The molecule has 0 bridgehead atoms. The molecular weight excluding hydrogens is 664 g/mol. The highest BCUT2D eigenvalue weighted by atomic mass is 16.4. The molecule has 2 aromatic carbocycles. The molecule has 2 heterocycles. The summed E-state index contributed by atoms with van der Waals surface area (Å²) in [5, 5.41) is 19.6. The van der Waals surface area contributed by atoms with Gasteiger partial charge >= 0.3 is 5.97 Å². The standard InChI is InChI=1S/C38H50N8O6/c1-23(47)42-33(24-11-4-3-5-12-24)35(49)43-29(16-10-18-41-38(39)40)36(50)46-22-26-14-7-6-13-25(26)20-32(46)34(48)44-30(37(51)52)19-27-21-45(2)31-17-9-8-15-28(27)31/h6-9,13-15,17,21,24,29-30,32-33H,3-5,10-12,16,18-20,22H2,1-2H3,(H,42,47)(H,43,49)(H,44,48)(H,51,52)(H4,39,40,41)/t29-,30-,32-,33?/m0/s1. The lowest BCUT2D eigenvalue weighted by atomic mass is 9.83. The van der Waals surface area contributed by atoms with Gasteiger partial charge in [-0.3, -0.25) is 24.2 Å². The number of hydrogen-bond acceptors (Lipinski definition) is 6. The minimum Gasteiger partial charge on any atom is -0.480 e. The Hall–Kier alpha value is -5.40. The van der Waals surface area contributed by atoms with Gasteiger partial charge in [0.2, 0.25) is 23.6 Å². The molecule has 1 aromatic heterocycles. The summed E-state index contributed by atoms with van der Waals surface area (Å²) < 4.78 is 1.91. The zero-order valence-electron chi connectivity index (χ0n) is 29.8. The third kappa shape index (κ3) is 9.28. The predicted molar refractivity (Wildman–Crippen MR) is 197 cm³/mol. The van der Waals surface area contributed by atoms with Crippen LogP contribution in [0.5, 0.6) is 0 Å². The van der Waals surface area contributed by atoms with Gasteiger partial charge in [0, 0.05) is 57.0 Å². The van der Waals surface area contributed by atoms with E-state index in [1.807, 2.05) is 66.3 Å². The Labute approximate surface area is 303 Å². The molecule has 4 amide bonds. The van der Waals surface area contributed by atoms with Crippen LogP contribution >= 0.6 is 0 Å². The molecule has 5 rings (SSSR count). The third-order valence-electron chi connectivity index (χ3n) is 10.2. The molecule has 1 saturated carbocycles. The van der Waals surface area contributed by atoms with E-state index in [9.17, 15) is 29.1 Å². The number of aryl methyl sites for hydroxylation is 1. The SMILES string of the molecule is CC(=O)NC(C(=O)N[C@@H](CCCN=C(N)N)C(=O)N1Cc2ccccc2C[C@H]1C(=O)N[C@@H](Cc1cn(C)c2ccccc12)C(=O)O)C1CCCCC1. The third-order valence-corrected chi connectivity index (χ3v) is 10.2. The quantitative estimate of drug-likeness (QED) is 0.0822. The van der Waals surface area contributed by atoms with Crippen LogP contribution in [0.1, 0.15) is 68.6 Å². The number of carboxylic acid groups (broad SMARTS) is 1. The van der Waals surface area contributed by atoms with Crippen LogP contribution in [0.15, 0.2) is 59.7 Å². The van der Waals surface area contributed by atoms with Crippen molar-refractivity contribution in [3.8, 4) is 0 Å². The average Bonchev–Trinajstić information content (AvgIpc) is 3.45. The van der Waals surface area contributed by atoms with E-state index in [0.29, 0.717) is 6.42 Å². The van der Waals surface area contributed by atoms with E-state index in [0.717, 1.165) is 59.7 Å². The highest BCUT2D eigenvalue weighted by Crippen LogP contribution is 2.28. The van der Waals surface area contributed by atoms with Crippen LogP contribution < -0.4 is 27.4 Å². The van der Waals surface area contributed by atoms with E-state index >= 15 is 0 Å². The largest absolute Gasteiger partial charge is 0.480 e. The van der Waals surface area contributed by atoms with Crippen LogP contribution in [0.2, 0.25) is 0 Å². The van der Waals surface area contributed by atoms with E-state index in [1.54, 1.807) is 0 Å². The number of para-hydroxylation sites is 1. The fraction of sp³-hybridized carbons (Fsp3) is 0.474. The maximum Gasteiger partial charge on any atom is 0.326 e. The van der Waals surface area contributed by atoms with Crippen molar-refractivity contribution in [2.75, 3.05) is 6.54 Å². The number of fused-ring (bicyclic) bond motifs is 2. The number of aliphatic imine (C=N–C) groups is 1. The molecular formula is C38H50N8O6. The van der Waals surface area contributed by atoms with Gasteiger partial charge in [0.1, 0.15) is 24.2 Å². The number of hydrogen-bond donors (Lipinski definition) is 6. The molecule has 4 atom stereocenters. The predicted octanol–water partition coefficient (Wildman–Crippen LogP) is 1.87. The van der Waals surface area contributed by atoms with Gasteiger partial charge in [-0.05, 0) is 54.4 Å². The molecule has 14 nitrogen and oxygen atoms in total. The Morgan fingerprint density at radius 1 is 0.923 bits per heavy atom. The first-order valence-corrected chi connectivity index (χ1v) is 18.0. The number of carboxylic acids is 1. The van der Waals surface area contributed by atoms with Gasteiger partial charge in [-0.25, -0.2) is 4.79 Å². The van der Waals surface area contributed by atoms with Gasteiger partial charge in [0.15, 0.2) is 5.96 Å². The summed E-state index contributed by atoms with van der Waals surface area (Å²) in [6.45, 7) is 1.65. The van der Waals surface area contributed by atoms with Gasteiger partial charge in [-0.15, -0.1) is 0 Å². The van der Waals surface area contributed by atoms with Crippen molar-refractivity contribution in [1.82, 2.24) is 25.4 Å². The zero-order valence-corrected chi connectivity index (χ0v) is 29.8. The maximum atomic E-state index is 14.6. The van der Waals surface area contributed by atoms with Crippen molar-refractivity contribution >= 4 is 46.5 Å². The molecule has 278 valence electrons. The number of guanidine groups is 1. The number of rotatable bonds is 14. The van der Waals surface area contributed by atoms with Crippen molar-refractivity contribution in [3.05, 3.63) is 71.4 Å². The number of benzene rings is 2. The lowest BCUT2D eigenvalue weighted by Crippen LogP contribution is -2.61. The average molecular weight is 715 g/mol. The number of aliphatic carboxylic acids is 1. The van der Waals surface area contributed by atoms with Crippen molar-refractivity contribution in [1.29, 1.82) is 0 Å². The summed E-state index contributed by atoms with van der Waals surface area (Å²) in [4.78, 5) is 72.9. The topological polar surface area (TPSA) is 214 Å². The Morgan fingerprint density at radius 3 is 2.31 bits per heavy atom. The minimum absolute atomic E-state index is 0.0366. The summed E-state index contributed by atoms with van der Waals surface area (Å²) in [6, 6.07) is 10.9. The summed E-state index contributed by atoms with van der Waals surface area (Å²) in [5.41, 5.74) is 14.5. The van der Waals surface area contributed by atoms with Crippen molar-refractivity contribution in [3.63, 3.8) is 0 Å². The Kier molecular flexibility index (Phi) is 12.5. The second kappa shape index (κ2) is 17.2. The van der Waals surface area contributed by atoms with E-state index in [-0.39, 0.29) is 50.1 Å². The Balaban J connectivity index is 1.42. The van der Waals surface area contributed by atoms with Crippen molar-refractivity contribution < 1.29 is 29.1 Å². The smallest absolute Gasteiger partial charge is 0.326 e. The van der Waals surface area contributed by atoms with Gasteiger partial charge < -0.3 is 42.0 Å². The summed E-state index contributed by atoms with van der Waals surface area (Å²) >= 11 is 0. The molecule has 1 unspecified atom stereocenters. The van der Waals surface area contributed by atoms with E-state index in [1.165, 1.54) is 11.8 Å². The normalized spacial score (nSPS) is 17.7. The van der Waals surface area contributed by atoms with Crippen LogP contribution in [0.4, 0.5) is 0 Å². The fourth-order valence-electron chi connectivity index (χ4n) is 7.57. The number of nitrogens with two attached hydrogens (primary N) is 2. The highest BCUT2D eigenvalue weighted by molar-refractivity contribution is 5.96. The van der Waals surface area contributed by atoms with E-state index in [2.05, 4.69) is 20.9 Å². The summed E-state index contributed by atoms with van der Waals surface area (Å²) in [6.07, 6.45) is 7.03. The van der Waals surface area contributed by atoms with Crippen LogP contribution in [0.3, 0.4) is 0 Å². The summed E-state index contributed by atoms with van der Waals surface area (Å²) in [7, 11) is 1.88. The number of amides is 4. The Morgan fingerprint density at radius 2 is 1.62 bits per heavy atom. The van der Waals surface area contributed by atoms with Crippen molar-refractivity contribution in [2.45, 2.75) is 95.4 Å². The number of carbonyl (C=O) groups excluding carboxylic acids is 4. The first kappa shape index (κ1) is 37.8. The van der Waals surface area contributed by atoms with Crippen LogP contribution in [-0.4, -0.2) is 80.8 Å². The lowest BCUT2D eigenvalue weighted by Gasteiger charge is -2.39. The molecule has 0 saturated heterocycles. The molecule has 2 aliphatic rings. The van der Waals surface area contributed by atoms with E-state index < -0.39 is 47.9 Å². The van der Waals surface area contributed by atoms with Crippen LogP contribution in [0.25, 0.3) is 10.9 Å². The fourth-order valence-corrected chi connectivity index (χ4v) is 7.57. The molecule has 1 aliphatic heterocycles. The Bertz CT molecular complexity index is 1810. The van der Waals surface area contributed by atoms with Gasteiger partial charge in [0.25, 0.3) is 0 Å². The first-order valence-electron chi connectivity index (χ1n) is 18.0. The van der Waals surface area contributed by atoms with Gasteiger partial charge in [-0.1, -0.05) is 61.7 Å². The molecule has 1 aliphatic carbocycles. The molecule has 1 fully saturated rings. The number of nitrogens with one attached hydrogen (secondary N) is 3. The summed E-state index contributed by atoms with van der Waals surface area (Å²) in [5.74, 6) is -3.31. The molecule has 3 aromatic rings. The molecule has 14 heteroatoms. The second-order valence-electron chi connectivity index (χ2n) is 13.9. The maximum absolute atomic E-state index is 14.6. The van der Waals surface area contributed by atoms with Crippen molar-refractivity contribution in [2.24, 2.45) is 29.4 Å². The first-order chi connectivity index (χ1) is 24.9. The number of nitrogens with zero attached hydrogens (tertiary/aromatic N) is 3. The monoisotopic (exact) mass is 714 g/mol. The minimum atomic E-state index is -1.27. The second-order valence-corrected chi connectivity index (χ2v) is 13.9. The van der Waals surface area contributed by atoms with Crippen LogP contribution in [-0.2, 0) is 50.4 Å². The lowest BCUT2D eigenvalue weighted by molar-refractivity contribution is -0.147. The van der Waals surface area contributed by atoms with Crippen LogP contribution in [0, 0.1) is 5.92 Å². The molecule has 0 spiro atoms. The van der Waals surface area contributed by atoms with Gasteiger partial charge in [0.05, 0.1) is 0 Å². The zero-order chi connectivity index (χ0) is 37.4.